The Bertz CT molecular complexity index is 353. The Labute approximate surface area is 80.6 Å². The molecule has 1 aromatic rings. The van der Waals surface area contributed by atoms with E-state index in [1.807, 2.05) is 0 Å². The van der Waals surface area contributed by atoms with Gasteiger partial charge in [0.1, 0.15) is 5.82 Å². The average molecular weight is 195 g/mol. The number of hydrogen-bond acceptors (Lipinski definition) is 4. The quantitative estimate of drug-likeness (QED) is 0.703. The first-order chi connectivity index (χ1) is 6.13. The summed E-state index contributed by atoms with van der Waals surface area (Å²) < 4.78 is 3.89. The molecular weight excluding hydrogens is 186 g/mol. The topological polar surface area (TPSA) is 54.9 Å². The van der Waals surface area contributed by atoms with E-state index < -0.39 is 0 Å². The molecule has 0 radical (unpaired) electrons. The lowest BCUT2D eigenvalue weighted by molar-refractivity contribution is 0.0947. The Kier molecular flexibility index (Phi) is 2.98. The second kappa shape index (κ2) is 4.01. The van der Waals surface area contributed by atoms with Gasteiger partial charge in [-0.25, -0.2) is 4.98 Å². The maximum absolute atomic E-state index is 11.3. The summed E-state index contributed by atoms with van der Waals surface area (Å²) >= 11 is 1.07. The van der Waals surface area contributed by atoms with Gasteiger partial charge in [-0.2, -0.15) is 4.37 Å². The largest absolute Gasteiger partial charge is 0.337 e. The summed E-state index contributed by atoms with van der Waals surface area (Å²) in [5.41, 5.74) is 0. The number of rotatable bonds is 2. The summed E-state index contributed by atoms with van der Waals surface area (Å²) in [7, 11) is 0. The van der Waals surface area contributed by atoms with E-state index in [-0.39, 0.29) is 11.9 Å². The fraction of sp³-hybridized carbons (Fsp3) is 0.375. The molecule has 0 aliphatic heterocycles. The van der Waals surface area contributed by atoms with Gasteiger partial charge >= 0.3 is 0 Å². The zero-order valence-corrected chi connectivity index (χ0v) is 8.18. The number of terminal acetylenes is 1. The summed E-state index contributed by atoms with van der Waals surface area (Å²) in [6.07, 6.45) is 5.11. The highest BCUT2D eigenvalue weighted by atomic mass is 32.1. The summed E-state index contributed by atoms with van der Waals surface area (Å²) in [6.45, 7) is 3.46. The van der Waals surface area contributed by atoms with Gasteiger partial charge in [0.25, 0.3) is 5.91 Å². The molecule has 0 fully saturated rings. The number of nitrogens with one attached hydrogen (secondary N) is 1. The first-order valence-corrected chi connectivity index (χ1v) is 4.48. The molecule has 5 heteroatoms. The fourth-order valence-corrected chi connectivity index (χ4v) is 1.26. The molecule has 0 bridgehead atoms. The molecule has 13 heavy (non-hydrogen) atoms. The van der Waals surface area contributed by atoms with Crippen molar-refractivity contribution >= 4 is 17.4 Å². The SMILES string of the molecule is C#CC(C)NC(=O)c1nc(C)ns1. The number of amides is 1. The van der Waals surface area contributed by atoms with Crippen LogP contribution >= 0.6 is 11.5 Å². The van der Waals surface area contributed by atoms with Crippen LogP contribution in [0.25, 0.3) is 0 Å². The molecule has 1 N–H and O–H groups in total. The van der Waals surface area contributed by atoms with Crippen molar-refractivity contribution in [2.24, 2.45) is 0 Å². The van der Waals surface area contributed by atoms with Crippen LogP contribution in [-0.4, -0.2) is 21.3 Å². The zero-order chi connectivity index (χ0) is 9.84. The first kappa shape index (κ1) is 9.68. The Morgan fingerprint density at radius 2 is 2.46 bits per heavy atom. The van der Waals surface area contributed by atoms with Crippen molar-refractivity contribution in [3.05, 3.63) is 10.8 Å². The molecule has 0 saturated carbocycles. The molecule has 0 aliphatic rings. The standard InChI is InChI=1S/C8H9N3OS/c1-4-5(2)9-7(12)8-10-6(3)11-13-8/h1,5H,2-3H3,(H,9,12). The summed E-state index contributed by atoms with van der Waals surface area (Å²) in [5, 5.41) is 2.94. The van der Waals surface area contributed by atoms with Crippen molar-refractivity contribution < 1.29 is 4.79 Å². The third kappa shape index (κ3) is 2.53. The highest BCUT2D eigenvalue weighted by molar-refractivity contribution is 7.07. The summed E-state index contributed by atoms with van der Waals surface area (Å²) in [4.78, 5) is 15.3. The molecule has 1 unspecified atom stereocenters. The van der Waals surface area contributed by atoms with Gasteiger partial charge in [0, 0.05) is 0 Å². The Balaban J connectivity index is 2.65. The van der Waals surface area contributed by atoms with Gasteiger partial charge < -0.3 is 5.32 Å². The molecule has 1 amide bonds. The smallest absolute Gasteiger partial charge is 0.282 e. The maximum Gasteiger partial charge on any atom is 0.282 e. The van der Waals surface area contributed by atoms with E-state index in [0.717, 1.165) is 11.5 Å². The molecule has 1 rings (SSSR count). The van der Waals surface area contributed by atoms with Gasteiger partial charge in [-0.3, -0.25) is 4.79 Å². The minimum atomic E-state index is -0.281. The molecule has 1 aromatic heterocycles. The molecule has 1 atom stereocenters. The monoisotopic (exact) mass is 195 g/mol. The molecule has 0 aromatic carbocycles. The van der Waals surface area contributed by atoms with E-state index in [9.17, 15) is 4.79 Å². The molecule has 0 saturated heterocycles. The van der Waals surface area contributed by atoms with Crippen molar-refractivity contribution in [3.63, 3.8) is 0 Å². The molecule has 0 spiro atoms. The zero-order valence-electron chi connectivity index (χ0n) is 7.37. The lowest BCUT2D eigenvalue weighted by Gasteiger charge is -2.03. The third-order valence-electron chi connectivity index (χ3n) is 1.32. The number of carbonyl (C=O) groups is 1. The van der Waals surface area contributed by atoms with Crippen LogP contribution in [0.2, 0.25) is 0 Å². The van der Waals surface area contributed by atoms with Crippen LogP contribution in [0, 0.1) is 19.3 Å². The van der Waals surface area contributed by atoms with Crippen LogP contribution in [0.15, 0.2) is 0 Å². The van der Waals surface area contributed by atoms with Crippen molar-refractivity contribution in [2.45, 2.75) is 19.9 Å². The van der Waals surface area contributed by atoms with E-state index in [2.05, 4.69) is 20.6 Å². The summed E-state index contributed by atoms with van der Waals surface area (Å²) in [5.74, 6) is 2.73. The normalized spacial score (nSPS) is 11.8. The highest BCUT2D eigenvalue weighted by Crippen LogP contribution is 2.03. The van der Waals surface area contributed by atoms with Crippen LogP contribution in [0.3, 0.4) is 0 Å². The van der Waals surface area contributed by atoms with Gasteiger partial charge in [-0.15, -0.1) is 6.42 Å². The molecule has 4 nitrogen and oxygen atoms in total. The first-order valence-electron chi connectivity index (χ1n) is 3.71. The predicted octanol–water partition coefficient (Wildman–Crippen LogP) is 0.598. The van der Waals surface area contributed by atoms with Crippen molar-refractivity contribution in [3.8, 4) is 12.3 Å². The second-order valence-corrected chi connectivity index (χ2v) is 3.26. The van der Waals surface area contributed by atoms with E-state index in [0.29, 0.717) is 10.8 Å². The van der Waals surface area contributed by atoms with Gasteiger partial charge in [-0.05, 0) is 25.4 Å². The number of carbonyl (C=O) groups excluding carboxylic acids is 1. The van der Waals surface area contributed by atoms with Crippen molar-refractivity contribution in [1.82, 2.24) is 14.7 Å². The number of hydrogen-bond donors (Lipinski definition) is 1. The maximum atomic E-state index is 11.3. The second-order valence-electron chi connectivity index (χ2n) is 2.51. The minimum Gasteiger partial charge on any atom is -0.337 e. The number of nitrogens with zero attached hydrogens (tertiary/aromatic N) is 2. The molecule has 0 aliphatic carbocycles. The van der Waals surface area contributed by atoms with Crippen molar-refractivity contribution in [1.29, 1.82) is 0 Å². The lowest BCUT2D eigenvalue weighted by Crippen LogP contribution is -2.31. The van der Waals surface area contributed by atoms with E-state index in [4.69, 9.17) is 6.42 Å². The lowest BCUT2D eigenvalue weighted by atomic mass is 10.3. The minimum absolute atomic E-state index is 0.268. The average Bonchev–Trinajstić information content (AvgIpc) is 2.51. The summed E-state index contributed by atoms with van der Waals surface area (Å²) in [6, 6.07) is -0.281. The van der Waals surface area contributed by atoms with Crippen molar-refractivity contribution in [2.75, 3.05) is 0 Å². The van der Waals surface area contributed by atoms with Gasteiger partial charge in [0.05, 0.1) is 6.04 Å². The van der Waals surface area contributed by atoms with E-state index in [1.165, 1.54) is 0 Å². The number of aryl methyl sites for hydroxylation is 1. The highest BCUT2D eigenvalue weighted by Gasteiger charge is 2.11. The van der Waals surface area contributed by atoms with Crippen LogP contribution in [0.1, 0.15) is 22.6 Å². The molecular formula is C8H9N3OS. The van der Waals surface area contributed by atoms with Crippen LogP contribution < -0.4 is 5.32 Å². The molecule has 68 valence electrons. The van der Waals surface area contributed by atoms with E-state index >= 15 is 0 Å². The van der Waals surface area contributed by atoms with Gasteiger partial charge in [0.2, 0.25) is 5.01 Å². The van der Waals surface area contributed by atoms with E-state index in [1.54, 1.807) is 13.8 Å². The molecule has 1 heterocycles. The van der Waals surface area contributed by atoms with Gasteiger partial charge in [0.15, 0.2) is 0 Å². The Hall–Kier alpha value is -1.41. The third-order valence-corrected chi connectivity index (χ3v) is 2.12. The van der Waals surface area contributed by atoms with Gasteiger partial charge in [-0.1, -0.05) is 5.92 Å². The Morgan fingerprint density at radius 1 is 1.77 bits per heavy atom. The predicted molar refractivity (Wildman–Crippen MR) is 50.4 cm³/mol. The van der Waals surface area contributed by atoms with Crippen LogP contribution in [-0.2, 0) is 0 Å². The van der Waals surface area contributed by atoms with Crippen LogP contribution in [0.5, 0.6) is 0 Å². The van der Waals surface area contributed by atoms with Crippen LogP contribution in [0.4, 0.5) is 0 Å². The fourth-order valence-electron chi connectivity index (χ4n) is 0.689. The Morgan fingerprint density at radius 3 is 2.92 bits per heavy atom. The number of aromatic nitrogens is 2.